The topological polar surface area (TPSA) is 266 Å². The number of imidazole rings is 2. The number of aliphatic hydroxyl groups excluding tert-OH is 2. The maximum Gasteiger partial charge on any atom is 0.325 e. The van der Waals surface area contributed by atoms with Crippen LogP contribution in [0.2, 0.25) is 0 Å². The number of hydrogen-bond acceptors (Lipinski definition) is 16. The molecule has 0 radical (unpaired) electrons. The van der Waals surface area contributed by atoms with Gasteiger partial charge in [-0.1, -0.05) is 0 Å². The van der Waals surface area contributed by atoms with E-state index in [2.05, 4.69) is 29.9 Å². The van der Waals surface area contributed by atoms with Gasteiger partial charge in [0.15, 0.2) is 41.2 Å². The van der Waals surface area contributed by atoms with Gasteiger partial charge >= 0.3 is 12.6 Å². The number of halogens is 2. The summed E-state index contributed by atoms with van der Waals surface area (Å²) in [5, 5.41) is 20.8. The Morgan fingerprint density at radius 2 is 1.84 bits per heavy atom. The zero-order chi connectivity index (χ0) is 32.5. The Bertz CT molecular complexity index is 1860. The highest BCUT2D eigenvalue weighted by Crippen LogP contribution is 2.55. The van der Waals surface area contributed by atoms with Gasteiger partial charge in [0.05, 0.1) is 25.9 Å². The molecule has 0 bridgehead atoms. The Labute approximate surface area is 255 Å². The summed E-state index contributed by atoms with van der Waals surface area (Å²) in [7, 11) is 1.33. The quantitative estimate of drug-likeness (QED) is 0.115. The molecule has 2 unspecified atom stereocenters. The summed E-state index contributed by atoms with van der Waals surface area (Å²) < 4.78 is 61.1. The van der Waals surface area contributed by atoms with E-state index in [4.69, 9.17) is 46.5 Å². The summed E-state index contributed by atoms with van der Waals surface area (Å²) in [6.45, 7) is -4.97. The van der Waals surface area contributed by atoms with E-state index in [0.717, 1.165) is 10.9 Å². The van der Waals surface area contributed by atoms with Crippen molar-refractivity contribution in [1.82, 2.24) is 39.0 Å². The van der Waals surface area contributed by atoms with E-state index in [0.29, 0.717) is 0 Å². The monoisotopic (exact) mass is 676 g/mol. The van der Waals surface area contributed by atoms with Gasteiger partial charge in [-0.2, -0.15) is 4.98 Å². The molecular formula is C22H27F2N10O9PS. The number of aromatic amines is 1. The molecule has 2 fully saturated rings. The van der Waals surface area contributed by atoms with Crippen LogP contribution in [0.4, 0.5) is 20.5 Å². The summed E-state index contributed by atoms with van der Waals surface area (Å²) in [5.74, 6) is -4.16. The van der Waals surface area contributed by atoms with Crippen LogP contribution < -0.4 is 17.0 Å². The van der Waals surface area contributed by atoms with Gasteiger partial charge in [0, 0.05) is 7.11 Å². The Kier molecular flexibility index (Phi) is 7.87. The maximum absolute atomic E-state index is 15.5. The average Bonchev–Trinajstić information content (AvgIpc) is 3.71. The lowest BCUT2D eigenvalue weighted by Gasteiger charge is -2.31. The van der Waals surface area contributed by atoms with Crippen molar-refractivity contribution in [1.29, 1.82) is 0 Å². The van der Waals surface area contributed by atoms with Crippen LogP contribution in [0.1, 0.15) is 19.4 Å². The Hall–Kier alpha value is -3.31. The van der Waals surface area contributed by atoms with Gasteiger partial charge in [-0.05, 0) is 18.7 Å². The molecule has 23 heteroatoms. The number of H-pyrrole nitrogens is 1. The summed E-state index contributed by atoms with van der Waals surface area (Å²) >= 11 is 5.09. The van der Waals surface area contributed by atoms with Crippen molar-refractivity contribution in [3.8, 4) is 0 Å². The molecule has 0 aromatic carbocycles. The lowest BCUT2D eigenvalue weighted by atomic mass is 9.98. The summed E-state index contributed by atoms with van der Waals surface area (Å²) in [4.78, 5) is 45.5. The second-order valence-electron chi connectivity index (χ2n) is 10.5. The lowest BCUT2D eigenvalue weighted by Crippen LogP contribution is -2.45. The molecule has 4 aromatic rings. The fourth-order valence-electron chi connectivity index (χ4n) is 5.27. The van der Waals surface area contributed by atoms with Crippen molar-refractivity contribution in [2.45, 2.75) is 55.3 Å². The standard InChI is InChI=1S/C22H27F2N10O9PS/c1-21(12(36)11(39-2)18(42-21)33-6-29-9-14(25)27-5-28-15(9)33)4-40-44(38,45)43-13-19(41-8(3-35)22(13,23)24)34-7-30-10-16(34)31-20(26)32-17(10)37/h5-8,11-13,18-19,35-36H,3-4H2,1-2H3,(H,38,45)(H2,25,27,28)(H3,26,31,32,37)/t8-,11-,12+,13+,18-,19-,21?,44?/m1/s1. The number of fused-ring (bicyclic) bond motifs is 2. The van der Waals surface area contributed by atoms with Gasteiger partial charge in [-0.15, -0.1) is 0 Å². The van der Waals surface area contributed by atoms with Crippen LogP contribution in [0.3, 0.4) is 0 Å². The molecular weight excluding hydrogens is 649 g/mol. The van der Waals surface area contributed by atoms with E-state index in [1.807, 2.05) is 0 Å². The number of nitrogens with zero attached hydrogens (tertiary/aromatic N) is 7. The van der Waals surface area contributed by atoms with Gasteiger partial charge in [-0.3, -0.25) is 23.4 Å². The number of aromatic nitrogens is 8. The first kappa shape index (κ1) is 31.7. The molecule has 6 rings (SSSR count). The van der Waals surface area contributed by atoms with E-state index >= 15 is 8.78 Å². The fourth-order valence-corrected chi connectivity index (χ4v) is 6.72. The second-order valence-corrected chi connectivity index (χ2v) is 13.3. The van der Waals surface area contributed by atoms with Crippen LogP contribution >= 0.6 is 6.72 Å². The molecule has 244 valence electrons. The zero-order valence-corrected chi connectivity index (χ0v) is 25.0. The Balaban J connectivity index is 1.25. The molecule has 0 aliphatic carbocycles. The maximum atomic E-state index is 15.5. The minimum absolute atomic E-state index is 0.111. The molecule has 0 amide bonds. The summed E-state index contributed by atoms with van der Waals surface area (Å²) in [5.41, 5.74) is 9.18. The molecule has 4 aromatic heterocycles. The first-order chi connectivity index (χ1) is 21.2. The van der Waals surface area contributed by atoms with Crippen LogP contribution in [0.5, 0.6) is 0 Å². The van der Waals surface area contributed by atoms with Crippen LogP contribution in [0.15, 0.2) is 23.8 Å². The third kappa shape index (κ3) is 5.25. The third-order valence-electron chi connectivity index (χ3n) is 7.56. The number of methoxy groups -OCH3 is 1. The predicted molar refractivity (Wildman–Crippen MR) is 151 cm³/mol. The average molecular weight is 677 g/mol. The van der Waals surface area contributed by atoms with E-state index in [1.54, 1.807) is 0 Å². The third-order valence-corrected chi connectivity index (χ3v) is 9.09. The largest absolute Gasteiger partial charge is 0.393 e. The summed E-state index contributed by atoms with van der Waals surface area (Å²) in [6, 6.07) is 0. The smallest absolute Gasteiger partial charge is 0.325 e. The summed E-state index contributed by atoms with van der Waals surface area (Å²) in [6.07, 6.45) is -6.17. The number of rotatable bonds is 9. The van der Waals surface area contributed by atoms with Crippen molar-refractivity contribution < 1.29 is 47.1 Å². The molecule has 45 heavy (non-hydrogen) atoms. The molecule has 2 aliphatic heterocycles. The number of ether oxygens (including phenoxy) is 3. The molecule has 2 aliphatic rings. The predicted octanol–water partition coefficient (Wildman–Crippen LogP) is -1.07. The van der Waals surface area contributed by atoms with Crippen molar-refractivity contribution >= 4 is 52.6 Å². The number of nitrogens with two attached hydrogens (primary N) is 2. The zero-order valence-electron chi connectivity index (χ0n) is 23.3. The number of anilines is 2. The number of aliphatic hydroxyl groups is 2. The van der Waals surface area contributed by atoms with E-state index in [1.165, 1.54) is 31.3 Å². The van der Waals surface area contributed by atoms with Crippen molar-refractivity contribution in [3.63, 3.8) is 0 Å². The first-order valence-corrected chi connectivity index (χ1v) is 15.6. The highest BCUT2D eigenvalue weighted by molar-refractivity contribution is 8.07. The molecule has 8 N–H and O–H groups in total. The molecule has 19 nitrogen and oxygen atoms in total. The number of nitrogens with one attached hydrogen (secondary N) is 1. The van der Waals surface area contributed by atoms with E-state index in [9.17, 15) is 19.9 Å². The van der Waals surface area contributed by atoms with Crippen LogP contribution in [-0.2, 0) is 35.1 Å². The van der Waals surface area contributed by atoms with Crippen LogP contribution in [0, 0.1) is 0 Å². The Morgan fingerprint density at radius 1 is 1.16 bits per heavy atom. The van der Waals surface area contributed by atoms with Crippen molar-refractivity contribution in [2.75, 3.05) is 31.8 Å². The highest BCUT2D eigenvalue weighted by atomic mass is 32.5. The minimum Gasteiger partial charge on any atom is -0.393 e. The van der Waals surface area contributed by atoms with Crippen LogP contribution in [-0.4, -0.2) is 110 Å². The lowest BCUT2D eigenvalue weighted by molar-refractivity contribution is -0.126. The SMILES string of the molecule is CO[C@H]1[C@H](n2cnc3c(N)ncnc32)OC(C)(COP(O)(=S)O[C@H]2[C@H](n3cnc4c(=O)[nH]c(N)nc43)O[C@H](CO)C2(F)F)[C@H]1O. The van der Waals surface area contributed by atoms with E-state index in [-0.39, 0.29) is 34.1 Å². The van der Waals surface area contributed by atoms with Gasteiger partial charge in [0.25, 0.3) is 5.56 Å². The van der Waals surface area contributed by atoms with Gasteiger partial charge in [0.1, 0.15) is 35.8 Å². The van der Waals surface area contributed by atoms with Crippen molar-refractivity contribution in [3.05, 3.63) is 29.3 Å². The normalized spacial score (nSPS) is 31.2. The molecule has 6 heterocycles. The molecule has 0 spiro atoms. The number of nitrogen functional groups attached to an aromatic ring is 2. The molecule has 0 saturated carbocycles. The number of alkyl halides is 2. The molecule has 2 saturated heterocycles. The van der Waals surface area contributed by atoms with E-state index < -0.39 is 73.9 Å². The second kappa shape index (κ2) is 11.2. The Morgan fingerprint density at radius 3 is 2.53 bits per heavy atom. The highest BCUT2D eigenvalue weighted by Gasteiger charge is 2.62. The number of hydrogen-bond donors (Lipinski definition) is 6. The van der Waals surface area contributed by atoms with Gasteiger partial charge < -0.3 is 45.3 Å². The fraction of sp³-hybridized carbons (Fsp3) is 0.545. The van der Waals surface area contributed by atoms with Gasteiger partial charge in [0.2, 0.25) is 5.95 Å². The van der Waals surface area contributed by atoms with Gasteiger partial charge in [-0.25, -0.2) is 28.7 Å². The van der Waals surface area contributed by atoms with Crippen LogP contribution in [0.25, 0.3) is 22.3 Å². The van der Waals surface area contributed by atoms with Crippen molar-refractivity contribution in [2.24, 2.45) is 0 Å². The molecule has 8 atom stereocenters. The minimum atomic E-state index is -4.60. The first-order valence-electron chi connectivity index (χ1n) is 13.0.